The van der Waals surface area contributed by atoms with Crippen molar-refractivity contribution < 1.29 is 18.7 Å². The number of anilines is 1. The minimum Gasteiger partial charge on any atom is -0.448 e. The normalized spacial score (nSPS) is 16.3. The summed E-state index contributed by atoms with van der Waals surface area (Å²) in [4.78, 5) is 12.5. The van der Waals surface area contributed by atoms with E-state index in [0.717, 1.165) is 31.4 Å². The van der Waals surface area contributed by atoms with Crippen molar-refractivity contribution in [2.24, 2.45) is 7.05 Å². The number of thioether (sulfide) groups is 1. The number of ether oxygens (including phenoxy) is 2. The van der Waals surface area contributed by atoms with E-state index in [2.05, 4.69) is 15.5 Å². The van der Waals surface area contributed by atoms with Gasteiger partial charge in [0.1, 0.15) is 5.82 Å². The number of carbonyl (C=O) groups is 1. The Bertz CT molecular complexity index is 1160. The summed E-state index contributed by atoms with van der Waals surface area (Å²) in [5.41, 5.74) is 1.02. The lowest BCUT2D eigenvalue weighted by atomic mass is 9.94. The molecule has 5 rings (SSSR count). The Labute approximate surface area is 189 Å². The number of nitrogens with one attached hydrogen (secondary N) is 1. The average molecular weight is 455 g/mol. The molecule has 1 N–H and O–H groups in total. The van der Waals surface area contributed by atoms with Crippen LogP contribution in [0.2, 0.25) is 0 Å². The first-order chi connectivity index (χ1) is 15.5. The molecule has 0 saturated heterocycles. The highest BCUT2D eigenvalue weighted by Crippen LogP contribution is 2.46. The Morgan fingerprint density at radius 3 is 2.72 bits per heavy atom. The summed E-state index contributed by atoms with van der Waals surface area (Å²) in [6.45, 7) is 0. The Kier molecular flexibility index (Phi) is 5.50. The predicted molar refractivity (Wildman–Crippen MR) is 119 cm³/mol. The summed E-state index contributed by atoms with van der Waals surface area (Å²) in [6, 6.07) is 11.9. The van der Waals surface area contributed by atoms with Gasteiger partial charge in [0.05, 0.1) is 11.3 Å². The lowest BCUT2D eigenvalue weighted by molar-refractivity contribution is -0.113. The second-order valence-electron chi connectivity index (χ2n) is 8.02. The molecule has 3 aromatic rings. The number of aromatic nitrogens is 3. The van der Waals surface area contributed by atoms with Gasteiger partial charge in [0.2, 0.25) is 5.91 Å². The molecular weight excluding hydrogens is 431 g/mol. The van der Waals surface area contributed by atoms with E-state index in [1.54, 1.807) is 35.9 Å². The number of carbonyl (C=O) groups excluding carboxylic acids is 1. The predicted octanol–water partition coefficient (Wildman–Crippen LogP) is 4.78. The molecule has 7 nitrogen and oxygen atoms in total. The number of nitrogens with zero attached hydrogens (tertiary/aromatic N) is 3. The smallest absolute Gasteiger partial charge is 0.251 e. The summed E-state index contributed by atoms with van der Waals surface area (Å²) in [6.07, 6.45) is 5.15. The Morgan fingerprint density at radius 1 is 1.12 bits per heavy atom. The van der Waals surface area contributed by atoms with Crippen molar-refractivity contribution >= 4 is 23.4 Å². The molecule has 9 heteroatoms. The number of rotatable bonds is 5. The monoisotopic (exact) mass is 454 g/mol. The molecule has 2 heterocycles. The van der Waals surface area contributed by atoms with Crippen molar-refractivity contribution in [3.05, 3.63) is 48.3 Å². The molecule has 0 atom stereocenters. The first kappa shape index (κ1) is 20.8. The van der Waals surface area contributed by atoms with Crippen LogP contribution in [-0.2, 0) is 11.8 Å². The molecule has 0 bridgehead atoms. The molecule has 1 fully saturated rings. The Balaban J connectivity index is 1.21. The summed E-state index contributed by atoms with van der Waals surface area (Å²) < 4.78 is 27.9. The lowest BCUT2D eigenvalue weighted by Gasteiger charge is -2.31. The quantitative estimate of drug-likeness (QED) is 0.559. The van der Waals surface area contributed by atoms with Crippen molar-refractivity contribution in [1.29, 1.82) is 0 Å². The van der Waals surface area contributed by atoms with Crippen molar-refractivity contribution in [3.63, 3.8) is 0 Å². The highest BCUT2D eigenvalue weighted by atomic mass is 32.2. The molecule has 1 aromatic heterocycles. The van der Waals surface area contributed by atoms with Crippen molar-refractivity contribution in [1.82, 2.24) is 14.8 Å². The zero-order valence-corrected chi connectivity index (χ0v) is 18.5. The van der Waals surface area contributed by atoms with Crippen LogP contribution in [0.25, 0.3) is 11.4 Å². The number of fused-ring (bicyclic) bond motifs is 1. The topological polar surface area (TPSA) is 78.3 Å². The van der Waals surface area contributed by atoms with Crippen LogP contribution < -0.4 is 14.8 Å². The van der Waals surface area contributed by atoms with Crippen LogP contribution in [0, 0.1) is 5.82 Å². The third-order valence-electron chi connectivity index (χ3n) is 5.72. The van der Waals surface area contributed by atoms with Crippen LogP contribution in [0.15, 0.2) is 47.6 Å². The van der Waals surface area contributed by atoms with Gasteiger partial charge in [-0.25, -0.2) is 4.39 Å². The molecule has 32 heavy (non-hydrogen) atoms. The number of hydrogen-bond donors (Lipinski definition) is 1. The fourth-order valence-electron chi connectivity index (χ4n) is 4.11. The maximum atomic E-state index is 14.1. The summed E-state index contributed by atoms with van der Waals surface area (Å²) >= 11 is 1.24. The van der Waals surface area contributed by atoms with Crippen LogP contribution in [0.4, 0.5) is 10.1 Å². The number of benzene rings is 2. The van der Waals surface area contributed by atoms with E-state index in [1.165, 1.54) is 24.2 Å². The van der Waals surface area contributed by atoms with E-state index in [4.69, 9.17) is 9.47 Å². The number of amides is 1. The fourth-order valence-corrected chi connectivity index (χ4v) is 4.82. The molecule has 1 saturated carbocycles. The van der Waals surface area contributed by atoms with E-state index in [1.807, 2.05) is 12.1 Å². The Morgan fingerprint density at radius 2 is 1.91 bits per heavy atom. The van der Waals surface area contributed by atoms with Crippen molar-refractivity contribution in [2.75, 3.05) is 11.1 Å². The molecule has 2 aliphatic rings. The molecule has 0 radical (unpaired) electrons. The van der Waals surface area contributed by atoms with E-state index >= 15 is 0 Å². The van der Waals surface area contributed by atoms with E-state index in [-0.39, 0.29) is 17.5 Å². The maximum absolute atomic E-state index is 14.1. The number of hydrogen-bond acceptors (Lipinski definition) is 6. The SMILES string of the molecule is Cn1c(SCC(=O)Nc2ccc3c(c2)OC2(CCCCC2)O3)nnc1-c1ccccc1F. The van der Waals surface area contributed by atoms with Gasteiger partial charge < -0.3 is 19.4 Å². The van der Waals surface area contributed by atoms with Crippen molar-refractivity contribution in [3.8, 4) is 22.9 Å². The third kappa shape index (κ3) is 4.04. The van der Waals surface area contributed by atoms with Gasteiger partial charge in [-0.3, -0.25) is 4.79 Å². The molecular formula is C23H23FN4O3S. The summed E-state index contributed by atoms with van der Waals surface area (Å²) in [7, 11) is 1.75. The maximum Gasteiger partial charge on any atom is 0.251 e. The molecule has 1 spiro atoms. The summed E-state index contributed by atoms with van der Waals surface area (Å²) in [5.74, 6) is 0.853. The minimum absolute atomic E-state index is 0.141. The molecule has 2 aromatic carbocycles. The van der Waals surface area contributed by atoms with Crippen LogP contribution in [0.5, 0.6) is 11.5 Å². The first-order valence-electron chi connectivity index (χ1n) is 10.6. The Hall–Kier alpha value is -3.07. The largest absolute Gasteiger partial charge is 0.448 e. The van der Waals surface area contributed by atoms with Gasteiger partial charge in [0.25, 0.3) is 5.79 Å². The van der Waals surface area contributed by atoms with Gasteiger partial charge in [-0.2, -0.15) is 0 Å². The molecule has 0 unspecified atom stereocenters. The van der Waals surface area contributed by atoms with E-state index in [0.29, 0.717) is 28.0 Å². The van der Waals surface area contributed by atoms with Crippen LogP contribution in [-0.4, -0.2) is 32.2 Å². The van der Waals surface area contributed by atoms with Crippen LogP contribution >= 0.6 is 11.8 Å². The highest BCUT2D eigenvalue weighted by Gasteiger charge is 2.42. The van der Waals surface area contributed by atoms with Gasteiger partial charge in [-0.1, -0.05) is 30.3 Å². The minimum atomic E-state index is -0.541. The zero-order valence-electron chi connectivity index (χ0n) is 17.6. The molecule has 1 amide bonds. The van der Waals surface area contributed by atoms with Crippen LogP contribution in [0.1, 0.15) is 32.1 Å². The van der Waals surface area contributed by atoms with Gasteiger partial charge in [-0.15, -0.1) is 10.2 Å². The molecule has 1 aliphatic carbocycles. The fraction of sp³-hybridized carbons (Fsp3) is 0.348. The molecule has 1 aliphatic heterocycles. The van der Waals surface area contributed by atoms with Crippen molar-refractivity contribution in [2.45, 2.75) is 43.0 Å². The van der Waals surface area contributed by atoms with E-state index in [9.17, 15) is 9.18 Å². The van der Waals surface area contributed by atoms with Crippen LogP contribution in [0.3, 0.4) is 0 Å². The first-order valence-corrected chi connectivity index (χ1v) is 11.6. The van der Waals surface area contributed by atoms with E-state index < -0.39 is 5.79 Å². The van der Waals surface area contributed by atoms with Gasteiger partial charge in [0, 0.05) is 31.6 Å². The summed E-state index contributed by atoms with van der Waals surface area (Å²) in [5, 5.41) is 11.6. The van der Waals surface area contributed by atoms with Gasteiger partial charge in [0.15, 0.2) is 22.5 Å². The van der Waals surface area contributed by atoms with Gasteiger partial charge in [-0.05, 0) is 37.1 Å². The van der Waals surface area contributed by atoms with Gasteiger partial charge >= 0.3 is 0 Å². The third-order valence-corrected chi connectivity index (χ3v) is 6.74. The average Bonchev–Trinajstić information content (AvgIpc) is 3.32. The zero-order chi connectivity index (χ0) is 22.1. The second kappa shape index (κ2) is 8.46. The highest BCUT2D eigenvalue weighted by molar-refractivity contribution is 7.99. The standard InChI is InChI=1S/C23H23FN4O3S/c1-28-21(16-7-3-4-8-17(16)24)26-27-22(28)32-14-20(29)25-15-9-10-18-19(13-15)31-23(30-18)11-5-2-6-12-23/h3-4,7-10,13H,2,5-6,11-12,14H2,1H3,(H,25,29). The second-order valence-corrected chi connectivity index (χ2v) is 8.96. The molecule has 166 valence electrons. The lowest BCUT2D eigenvalue weighted by Crippen LogP contribution is -2.40. The number of halogens is 1.